The zero-order valence-corrected chi connectivity index (χ0v) is 10.5. The highest BCUT2D eigenvalue weighted by Crippen LogP contribution is 2.32. The standard InChI is InChI=1S/C13H8F4OS/c1-7-9(4-5-19-7)12(18)8-2-3-11(14)10(6-8)13(15,16)17/h2-6H,1H3. The minimum Gasteiger partial charge on any atom is -0.289 e. The van der Waals surface area contributed by atoms with Gasteiger partial charge in [-0.3, -0.25) is 4.79 Å². The number of thiophene rings is 1. The molecule has 0 saturated heterocycles. The Balaban J connectivity index is 2.48. The topological polar surface area (TPSA) is 17.1 Å². The second-order valence-corrected chi connectivity index (χ2v) is 5.03. The van der Waals surface area contributed by atoms with E-state index in [1.54, 1.807) is 18.4 Å². The van der Waals surface area contributed by atoms with E-state index in [0.717, 1.165) is 6.07 Å². The van der Waals surface area contributed by atoms with Gasteiger partial charge in [-0.1, -0.05) is 0 Å². The van der Waals surface area contributed by atoms with Crippen molar-refractivity contribution in [3.8, 4) is 0 Å². The van der Waals surface area contributed by atoms with E-state index in [0.29, 0.717) is 22.6 Å². The van der Waals surface area contributed by atoms with Crippen LogP contribution in [0.15, 0.2) is 29.6 Å². The molecule has 0 aliphatic carbocycles. The summed E-state index contributed by atoms with van der Waals surface area (Å²) in [5.41, 5.74) is -1.26. The first-order chi connectivity index (χ1) is 8.80. The molecule has 6 heteroatoms. The average molecular weight is 288 g/mol. The quantitative estimate of drug-likeness (QED) is 0.589. The second kappa shape index (κ2) is 4.77. The monoisotopic (exact) mass is 288 g/mol. The van der Waals surface area contributed by atoms with Crippen molar-refractivity contribution >= 4 is 17.1 Å². The fourth-order valence-corrected chi connectivity index (χ4v) is 2.36. The SMILES string of the molecule is Cc1sccc1C(=O)c1ccc(F)c(C(F)(F)F)c1. The summed E-state index contributed by atoms with van der Waals surface area (Å²) in [5.74, 6) is -1.92. The van der Waals surface area contributed by atoms with E-state index < -0.39 is 23.3 Å². The van der Waals surface area contributed by atoms with E-state index in [1.165, 1.54) is 11.3 Å². The molecule has 1 heterocycles. The van der Waals surface area contributed by atoms with E-state index in [2.05, 4.69) is 0 Å². The van der Waals surface area contributed by atoms with Crippen LogP contribution in [0.25, 0.3) is 0 Å². The highest BCUT2D eigenvalue weighted by molar-refractivity contribution is 7.10. The lowest BCUT2D eigenvalue weighted by Crippen LogP contribution is -2.11. The van der Waals surface area contributed by atoms with E-state index in [1.807, 2.05) is 0 Å². The van der Waals surface area contributed by atoms with Gasteiger partial charge in [0.25, 0.3) is 0 Å². The second-order valence-electron chi connectivity index (χ2n) is 3.91. The van der Waals surface area contributed by atoms with Crippen molar-refractivity contribution in [2.24, 2.45) is 0 Å². The zero-order chi connectivity index (χ0) is 14.2. The number of carbonyl (C=O) groups is 1. The van der Waals surface area contributed by atoms with Crippen LogP contribution in [0.3, 0.4) is 0 Å². The number of benzene rings is 1. The minimum atomic E-state index is -4.82. The molecule has 0 saturated carbocycles. The summed E-state index contributed by atoms with van der Waals surface area (Å²) < 4.78 is 50.8. The van der Waals surface area contributed by atoms with Crippen LogP contribution in [0.2, 0.25) is 0 Å². The maximum atomic E-state index is 13.1. The van der Waals surface area contributed by atoms with E-state index >= 15 is 0 Å². The molecule has 2 aromatic rings. The maximum absolute atomic E-state index is 13.1. The predicted molar refractivity (Wildman–Crippen MR) is 63.9 cm³/mol. The molecule has 1 aromatic carbocycles. The number of carbonyl (C=O) groups excluding carboxylic acids is 1. The summed E-state index contributed by atoms with van der Waals surface area (Å²) in [7, 11) is 0. The molecule has 2 rings (SSSR count). The van der Waals surface area contributed by atoms with Crippen LogP contribution in [0.5, 0.6) is 0 Å². The van der Waals surface area contributed by atoms with Crippen LogP contribution in [-0.2, 0) is 6.18 Å². The summed E-state index contributed by atoms with van der Waals surface area (Å²) >= 11 is 1.32. The third kappa shape index (κ3) is 2.68. The van der Waals surface area contributed by atoms with Crippen molar-refractivity contribution in [2.75, 3.05) is 0 Å². The molecule has 1 nitrogen and oxygen atoms in total. The van der Waals surface area contributed by atoms with Crippen LogP contribution in [0.4, 0.5) is 17.6 Å². The average Bonchev–Trinajstić information content (AvgIpc) is 2.73. The number of alkyl halides is 3. The maximum Gasteiger partial charge on any atom is 0.419 e. The Morgan fingerprint density at radius 2 is 1.89 bits per heavy atom. The van der Waals surface area contributed by atoms with Gasteiger partial charge in [-0.25, -0.2) is 4.39 Å². The Morgan fingerprint density at radius 3 is 2.42 bits per heavy atom. The summed E-state index contributed by atoms with van der Waals surface area (Å²) in [6.45, 7) is 1.70. The van der Waals surface area contributed by atoms with Crippen LogP contribution < -0.4 is 0 Å². The number of hydrogen-bond donors (Lipinski definition) is 0. The molecule has 0 bridgehead atoms. The Labute approximate surface area is 110 Å². The number of aryl methyl sites for hydroxylation is 1. The molecule has 0 radical (unpaired) electrons. The molecule has 0 spiro atoms. The summed E-state index contributed by atoms with van der Waals surface area (Å²) in [6.07, 6.45) is -4.82. The number of halogens is 4. The highest BCUT2D eigenvalue weighted by Gasteiger charge is 2.34. The van der Waals surface area contributed by atoms with Crippen molar-refractivity contribution in [3.63, 3.8) is 0 Å². The predicted octanol–water partition coefficient (Wildman–Crippen LogP) is 4.45. The Morgan fingerprint density at radius 1 is 1.21 bits per heavy atom. The van der Waals surface area contributed by atoms with Crippen LogP contribution in [-0.4, -0.2) is 5.78 Å². The van der Waals surface area contributed by atoms with E-state index in [-0.39, 0.29) is 5.56 Å². The summed E-state index contributed by atoms with van der Waals surface area (Å²) in [5, 5.41) is 1.68. The van der Waals surface area contributed by atoms with Crippen LogP contribution in [0.1, 0.15) is 26.4 Å². The number of rotatable bonds is 2. The third-order valence-corrected chi connectivity index (χ3v) is 3.48. The van der Waals surface area contributed by atoms with Crippen molar-refractivity contribution in [1.82, 2.24) is 0 Å². The molecule has 0 aliphatic rings. The lowest BCUT2D eigenvalue weighted by Gasteiger charge is -2.09. The lowest BCUT2D eigenvalue weighted by atomic mass is 10.0. The molecule has 0 fully saturated rings. The van der Waals surface area contributed by atoms with Gasteiger partial charge < -0.3 is 0 Å². The van der Waals surface area contributed by atoms with Crippen molar-refractivity contribution in [2.45, 2.75) is 13.1 Å². The van der Waals surface area contributed by atoms with Gasteiger partial charge >= 0.3 is 6.18 Å². The largest absolute Gasteiger partial charge is 0.419 e. The number of hydrogen-bond acceptors (Lipinski definition) is 2. The Bertz CT molecular complexity index is 628. The molecule has 0 atom stereocenters. The highest BCUT2D eigenvalue weighted by atomic mass is 32.1. The molecule has 0 unspecified atom stereocenters. The Kier molecular flexibility index (Phi) is 3.45. The van der Waals surface area contributed by atoms with Gasteiger partial charge in [0.1, 0.15) is 5.82 Å². The van der Waals surface area contributed by atoms with Crippen molar-refractivity contribution < 1.29 is 22.4 Å². The molecular weight excluding hydrogens is 280 g/mol. The fourth-order valence-electron chi connectivity index (χ4n) is 1.66. The smallest absolute Gasteiger partial charge is 0.289 e. The van der Waals surface area contributed by atoms with Crippen molar-refractivity contribution in [3.05, 3.63) is 57.0 Å². The zero-order valence-electron chi connectivity index (χ0n) is 9.72. The van der Waals surface area contributed by atoms with E-state index in [9.17, 15) is 22.4 Å². The normalized spacial score (nSPS) is 11.6. The summed E-state index contributed by atoms with van der Waals surface area (Å²) in [6, 6.07) is 3.81. The minimum absolute atomic E-state index is 0.171. The van der Waals surface area contributed by atoms with Crippen molar-refractivity contribution in [1.29, 1.82) is 0 Å². The first-order valence-electron chi connectivity index (χ1n) is 5.26. The number of ketones is 1. The molecular formula is C13H8F4OS. The van der Waals surface area contributed by atoms with Crippen LogP contribution >= 0.6 is 11.3 Å². The lowest BCUT2D eigenvalue weighted by molar-refractivity contribution is -0.140. The van der Waals surface area contributed by atoms with Gasteiger partial charge in [-0.15, -0.1) is 11.3 Å². The van der Waals surface area contributed by atoms with Gasteiger partial charge in [-0.2, -0.15) is 13.2 Å². The molecule has 0 N–H and O–H groups in total. The van der Waals surface area contributed by atoms with Gasteiger partial charge in [0.2, 0.25) is 0 Å². The molecule has 19 heavy (non-hydrogen) atoms. The first kappa shape index (κ1) is 13.7. The van der Waals surface area contributed by atoms with Gasteiger partial charge in [-0.05, 0) is 36.6 Å². The van der Waals surface area contributed by atoms with E-state index in [4.69, 9.17) is 0 Å². The van der Waals surface area contributed by atoms with Gasteiger partial charge in [0.05, 0.1) is 5.56 Å². The third-order valence-electron chi connectivity index (χ3n) is 2.64. The van der Waals surface area contributed by atoms with Crippen LogP contribution in [0, 0.1) is 12.7 Å². The van der Waals surface area contributed by atoms with Gasteiger partial charge in [0.15, 0.2) is 5.78 Å². The Hall–Kier alpha value is -1.69. The fraction of sp³-hybridized carbons (Fsp3) is 0.154. The first-order valence-corrected chi connectivity index (χ1v) is 6.14. The van der Waals surface area contributed by atoms with Gasteiger partial charge in [0, 0.05) is 16.0 Å². The molecule has 0 aliphatic heterocycles. The summed E-state index contributed by atoms with van der Waals surface area (Å²) in [4.78, 5) is 12.7. The molecule has 0 amide bonds. The molecule has 1 aromatic heterocycles. The molecule has 100 valence electrons.